The summed E-state index contributed by atoms with van der Waals surface area (Å²) >= 11 is 0. The predicted octanol–water partition coefficient (Wildman–Crippen LogP) is 1.24. The number of nitro benzene ring substituents is 1. The summed E-state index contributed by atoms with van der Waals surface area (Å²) in [4.78, 5) is 33.8. The molecule has 0 saturated carbocycles. The van der Waals surface area contributed by atoms with Gasteiger partial charge < -0.3 is 9.64 Å². The molecule has 0 heterocycles. The minimum absolute atomic E-state index is 0.0266. The highest BCUT2D eigenvalue weighted by molar-refractivity contribution is 5.89. The van der Waals surface area contributed by atoms with E-state index in [1.807, 2.05) is 0 Å². The molecule has 0 aliphatic carbocycles. The van der Waals surface area contributed by atoms with Crippen molar-refractivity contribution in [2.75, 3.05) is 20.7 Å². The minimum Gasteiger partial charge on any atom is -0.452 e. The molecular weight excluding hydrogens is 264 g/mol. The van der Waals surface area contributed by atoms with Crippen molar-refractivity contribution in [3.05, 3.63) is 46.0 Å². The number of ether oxygens (including phenoxy) is 1. The van der Waals surface area contributed by atoms with Crippen LogP contribution in [-0.2, 0) is 14.3 Å². The van der Waals surface area contributed by atoms with E-state index in [1.165, 1.54) is 35.2 Å². The predicted molar refractivity (Wildman–Crippen MR) is 71.8 cm³/mol. The second kappa shape index (κ2) is 7.03. The zero-order valence-corrected chi connectivity index (χ0v) is 11.1. The number of carbonyl (C=O) groups excluding carboxylic acids is 2. The summed E-state index contributed by atoms with van der Waals surface area (Å²) in [6, 6.07) is 5.68. The monoisotopic (exact) mass is 278 g/mol. The average molecular weight is 278 g/mol. The first kappa shape index (κ1) is 15.4. The lowest BCUT2D eigenvalue weighted by Gasteiger charge is -2.09. The Morgan fingerprint density at radius 2 is 1.90 bits per heavy atom. The van der Waals surface area contributed by atoms with Gasteiger partial charge in [0.05, 0.1) is 4.92 Å². The van der Waals surface area contributed by atoms with Crippen molar-refractivity contribution in [2.45, 2.75) is 0 Å². The summed E-state index contributed by atoms with van der Waals surface area (Å²) in [6.45, 7) is -0.323. The summed E-state index contributed by atoms with van der Waals surface area (Å²) in [6.07, 6.45) is 2.61. The van der Waals surface area contributed by atoms with E-state index in [0.29, 0.717) is 5.56 Å². The molecule has 0 saturated heterocycles. The average Bonchev–Trinajstić information content (AvgIpc) is 2.42. The quantitative estimate of drug-likeness (QED) is 0.350. The van der Waals surface area contributed by atoms with Gasteiger partial charge in [-0.05, 0) is 23.8 Å². The first-order valence-electron chi connectivity index (χ1n) is 5.69. The SMILES string of the molecule is CN(C)C(=O)COC(=O)C=Cc1ccc([N+](=O)[O-])cc1. The molecule has 0 atom stereocenters. The molecule has 106 valence electrons. The molecule has 1 aromatic carbocycles. The molecule has 7 nitrogen and oxygen atoms in total. The number of hydrogen-bond donors (Lipinski definition) is 0. The third-order valence-electron chi connectivity index (χ3n) is 2.35. The summed E-state index contributed by atoms with van der Waals surface area (Å²) in [5, 5.41) is 10.5. The van der Waals surface area contributed by atoms with E-state index in [0.717, 1.165) is 6.08 Å². The number of carbonyl (C=O) groups is 2. The van der Waals surface area contributed by atoms with Crippen LogP contribution < -0.4 is 0 Å². The van der Waals surface area contributed by atoms with Crippen molar-refractivity contribution in [3.63, 3.8) is 0 Å². The number of hydrogen-bond acceptors (Lipinski definition) is 5. The maximum Gasteiger partial charge on any atom is 0.331 e. The fourth-order valence-corrected chi connectivity index (χ4v) is 1.18. The van der Waals surface area contributed by atoms with Crippen LogP contribution in [0.5, 0.6) is 0 Å². The van der Waals surface area contributed by atoms with Gasteiger partial charge in [0.25, 0.3) is 11.6 Å². The van der Waals surface area contributed by atoms with Crippen LogP contribution in [0.1, 0.15) is 5.56 Å². The Labute approximate surface area is 115 Å². The maximum absolute atomic E-state index is 11.3. The zero-order valence-electron chi connectivity index (χ0n) is 11.1. The van der Waals surface area contributed by atoms with Crippen molar-refractivity contribution < 1.29 is 19.2 Å². The van der Waals surface area contributed by atoms with Crippen LogP contribution in [0.25, 0.3) is 6.08 Å². The summed E-state index contributed by atoms with van der Waals surface area (Å²) < 4.78 is 4.72. The van der Waals surface area contributed by atoms with Crippen molar-refractivity contribution >= 4 is 23.6 Å². The van der Waals surface area contributed by atoms with Gasteiger partial charge in [-0.25, -0.2) is 4.79 Å². The standard InChI is InChI=1S/C13H14N2O5/c1-14(2)12(16)9-20-13(17)8-5-10-3-6-11(7-4-10)15(18)19/h3-8H,9H2,1-2H3. The van der Waals surface area contributed by atoms with Crippen LogP contribution in [0.4, 0.5) is 5.69 Å². The molecule has 20 heavy (non-hydrogen) atoms. The van der Waals surface area contributed by atoms with E-state index >= 15 is 0 Å². The second-order valence-electron chi connectivity index (χ2n) is 4.08. The number of amides is 1. The molecule has 1 rings (SSSR count). The van der Waals surface area contributed by atoms with Gasteiger partial charge >= 0.3 is 5.97 Å². The van der Waals surface area contributed by atoms with Gasteiger partial charge in [0, 0.05) is 32.3 Å². The van der Waals surface area contributed by atoms with Gasteiger partial charge in [0.1, 0.15) is 0 Å². The largest absolute Gasteiger partial charge is 0.452 e. The highest BCUT2D eigenvalue weighted by Crippen LogP contribution is 2.12. The number of rotatable bonds is 5. The minimum atomic E-state index is -0.654. The van der Waals surface area contributed by atoms with Gasteiger partial charge in [0.2, 0.25) is 0 Å². The fourth-order valence-electron chi connectivity index (χ4n) is 1.18. The van der Waals surface area contributed by atoms with Crippen LogP contribution in [0.3, 0.4) is 0 Å². The number of benzene rings is 1. The lowest BCUT2D eigenvalue weighted by molar-refractivity contribution is -0.384. The van der Waals surface area contributed by atoms with E-state index in [4.69, 9.17) is 4.74 Å². The number of non-ortho nitro benzene ring substituents is 1. The molecule has 1 amide bonds. The molecule has 0 N–H and O–H groups in total. The lowest BCUT2D eigenvalue weighted by atomic mass is 10.2. The van der Waals surface area contributed by atoms with Gasteiger partial charge in [-0.15, -0.1) is 0 Å². The maximum atomic E-state index is 11.3. The first-order valence-corrected chi connectivity index (χ1v) is 5.69. The number of esters is 1. The molecule has 0 aliphatic rings. The highest BCUT2D eigenvalue weighted by Gasteiger charge is 2.07. The normalized spacial score (nSPS) is 10.3. The topological polar surface area (TPSA) is 89.8 Å². The number of likely N-dealkylation sites (N-methyl/N-ethyl adjacent to an activating group) is 1. The Balaban J connectivity index is 2.53. The molecule has 7 heteroatoms. The van der Waals surface area contributed by atoms with Crippen LogP contribution >= 0.6 is 0 Å². The number of nitrogens with zero attached hydrogens (tertiary/aromatic N) is 2. The summed E-state index contributed by atoms with van der Waals surface area (Å²) in [7, 11) is 3.12. The van der Waals surface area contributed by atoms with Crippen LogP contribution in [0, 0.1) is 10.1 Å². The smallest absolute Gasteiger partial charge is 0.331 e. The second-order valence-corrected chi connectivity index (χ2v) is 4.08. The Hall–Kier alpha value is -2.70. The third kappa shape index (κ3) is 4.89. The number of nitro groups is 1. The zero-order chi connectivity index (χ0) is 15.1. The Morgan fingerprint density at radius 3 is 2.40 bits per heavy atom. The molecule has 0 aromatic heterocycles. The van der Waals surface area contributed by atoms with Crippen molar-refractivity contribution in [2.24, 2.45) is 0 Å². The summed E-state index contributed by atoms with van der Waals surface area (Å²) in [5.41, 5.74) is 0.591. The van der Waals surface area contributed by atoms with E-state index in [1.54, 1.807) is 14.1 Å². The van der Waals surface area contributed by atoms with Gasteiger partial charge in [-0.1, -0.05) is 0 Å². The fraction of sp³-hybridized carbons (Fsp3) is 0.231. The molecule has 0 unspecified atom stereocenters. The van der Waals surface area contributed by atoms with Gasteiger partial charge in [-0.2, -0.15) is 0 Å². The van der Waals surface area contributed by atoms with E-state index in [9.17, 15) is 19.7 Å². The summed E-state index contributed by atoms with van der Waals surface area (Å²) in [5.74, 6) is -0.972. The van der Waals surface area contributed by atoms with E-state index < -0.39 is 10.9 Å². The van der Waals surface area contributed by atoms with Crippen LogP contribution in [0.15, 0.2) is 30.3 Å². The Morgan fingerprint density at radius 1 is 1.30 bits per heavy atom. The first-order chi connectivity index (χ1) is 9.40. The molecule has 0 radical (unpaired) electrons. The highest BCUT2D eigenvalue weighted by atomic mass is 16.6. The molecule has 0 spiro atoms. The molecule has 1 aromatic rings. The van der Waals surface area contributed by atoms with Crippen LogP contribution in [0.2, 0.25) is 0 Å². The third-order valence-corrected chi connectivity index (χ3v) is 2.35. The Bertz CT molecular complexity index is 534. The molecule has 0 aliphatic heterocycles. The molecule has 0 fully saturated rings. The van der Waals surface area contributed by atoms with E-state index in [-0.39, 0.29) is 18.2 Å². The van der Waals surface area contributed by atoms with Crippen LogP contribution in [-0.4, -0.2) is 42.4 Å². The lowest BCUT2D eigenvalue weighted by Crippen LogP contribution is -2.27. The van der Waals surface area contributed by atoms with Crippen molar-refractivity contribution in [1.82, 2.24) is 4.90 Å². The van der Waals surface area contributed by atoms with Crippen molar-refractivity contribution in [3.8, 4) is 0 Å². The Kier molecular flexibility index (Phi) is 5.40. The van der Waals surface area contributed by atoms with Gasteiger partial charge in [-0.3, -0.25) is 14.9 Å². The van der Waals surface area contributed by atoms with Gasteiger partial charge in [0.15, 0.2) is 6.61 Å². The van der Waals surface area contributed by atoms with E-state index in [2.05, 4.69) is 0 Å². The molecule has 0 bridgehead atoms. The molecular formula is C13H14N2O5. The van der Waals surface area contributed by atoms with Crippen molar-refractivity contribution in [1.29, 1.82) is 0 Å².